The third-order valence-electron chi connectivity index (χ3n) is 5.01. The Morgan fingerprint density at radius 1 is 0.879 bits per heavy atom. The molecule has 3 aromatic carbocycles. The lowest BCUT2D eigenvalue weighted by molar-refractivity contribution is 0.340. The number of para-hydroxylation sites is 1. The van der Waals surface area contributed by atoms with Gasteiger partial charge in [-0.2, -0.15) is 0 Å². The van der Waals surface area contributed by atoms with Gasteiger partial charge in [-0.05, 0) is 74.1 Å². The molecule has 0 aliphatic rings. The minimum absolute atomic E-state index is 0.0997. The minimum Gasteiger partial charge on any atom is -0.494 e. The van der Waals surface area contributed by atoms with Gasteiger partial charge < -0.3 is 9.84 Å². The molecule has 0 radical (unpaired) electrons. The summed E-state index contributed by atoms with van der Waals surface area (Å²) in [6.45, 7) is 4.33. The molecule has 0 atom stereocenters. The van der Waals surface area contributed by atoms with Crippen molar-refractivity contribution in [2.24, 2.45) is 10.2 Å². The van der Waals surface area contributed by atoms with Gasteiger partial charge in [-0.25, -0.2) is 0 Å². The van der Waals surface area contributed by atoms with Crippen molar-refractivity contribution >= 4 is 23.6 Å². The predicted octanol–water partition coefficient (Wildman–Crippen LogP) is 6.19. The van der Waals surface area contributed by atoms with E-state index in [2.05, 4.69) is 10.2 Å². The summed E-state index contributed by atoms with van der Waals surface area (Å²) in [6, 6.07) is 23.4. The first-order chi connectivity index (χ1) is 16.0. The average Bonchev–Trinajstić information content (AvgIpc) is 2.82. The van der Waals surface area contributed by atoms with Gasteiger partial charge in [-0.3, -0.25) is 13.9 Å². The molecule has 4 aromatic rings. The molecule has 166 valence electrons. The number of aryl methyl sites for hydroxylation is 1. The van der Waals surface area contributed by atoms with E-state index in [1.165, 1.54) is 9.13 Å². The van der Waals surface area contributed by atoms with Crippen molar-refractivity contribution in [2.75, 3.05) is 6.61 Å². The van der Waals surface area contributed by atoms with Gasteiger partial charge >= 0.3 is 0 Å². The standard InChI is InChI=1S/C25H22N4O3S/c1-3-32-20-15-13-19(14-16-20)29-24(31)22(27-26-21-12-8-7-9-17(21)2)23(30)28(25(29)33)18-10-5-4-6-11-18/h4-16,31H,3H2,1-2H3. The maximum Gasteiger partial charge on any atom is 0.290 e. The van der Waals surface area contributed by atoms with Crippen LogP contribution in [-0.2, 0) is 0 Å². The number of ether oxygens (including phenoxy) is 1. The molecule has 0 amide bonds. The Hall–Kier alpha value is -4.04. The third kappa shape index (κ3) is 4.47. The van der Waals surface area contributed by atoms with E-state index in [1.807, 2.05) is 38.1 Å². The van der Waals surface area contributed by atoms with Crippen LogP contribution in [-0.4, -0.2) is 20.8 Å². The van der Waals surface area contributed by atoms with Crippen molar-refractivity contribution < 1.29 is 9.84 Å². The molecule has 7 nitrogen and oxygen atoms in total. The fourth-order valence-corrected chi connectivity index (χ4v) is 3.73. The summed E-state index contributed by atoms with van der Waals surface area (Å²) in [7, 11) is 0. The van der Waals surface area contributed by atoms with Crippen LogP contribution in [0.3, 0.4) is 0 Å². The molecular weight excluding hydrogens is 436 g/mol. The smallest absolute Gasteiger partial charge is 0.290 e. The van der Waals surface area contributed by atoms with E-state index >= 15 is 0 Å². The number of hydrogen-bond donors (Lipinski definition) is 1. The highest BCUT2D eigenvalue weighted by molar-refractivity contribution is 7.71. The second kappa shape index (κ2) is 9.62. The fourth-order valence-electron chi connectivity index (χ4n) is 3.35. The fraction of sp³-hybridized carbons (Fsp3) is 0.120. The molecule has 0 spiro atoms. The number of hydrogen-bond acceptors (Lipinski definition) is 6. The SMILES string of the molecule is CCOc1ccc(-n2c(O)c(N=Nc3ccccc3C)c(=O)n(-c3ccccc3)c2=S)cc1. The van der Waals surface area contributed by atoms with Gasteiger partial charge in [0.15, 0.2) is 4.77 Å². The van der Waals surface area contributed by atoms with Gasteiger partial charge in [0.1, 0.15) is 5.75 Å². The highest BCUT2D eigenvalue weighted by Gasteiger charge is 2.19. The molecule has 0 aliphatic heterocycles. The maximum absolute atomic E-state index is 13.4. The second-order valence-corrected chi connectivity index (χ2v) is 7.54. The number of rotatable bonds is 6. The van der Waals surface area contributed by atoms with Gasteiger partial charge in [-0.1, -0.05) is 36.4 Å². The lowest BCUT2D eigenvalue weighted by Crippen LogP contribution is -2.23. The number of nitrogens with zero attached hydrogens (tertiary/aromatic N) is 4. The van der Waals surface area contributed by atoms with Crippen LogP contribution in [0.4, 0.5) is 11.4 Å². The third-order valence-corrected chi connectivity index (χ3v) is 5.37. The largest absolute Gasteiger partial charge is 0.494 e. The lowest BCUT2D eigenvalue weighted by Gasteiger charge is -2.16. The molecule has 0 unspecified atom stereocenters. The van der Waals surface area contributed by atoms with Crippen LogP contribution in [0.1, 0.15) is 12.5 Å². The molecule has 1 N–H and O–H groups in total. The zero-order valence-electron chi connectivity index (χ0n) is 18.2. The number of benzene rings is 3. The molecular formula is C25H22N4O3S. The Balaban J connectivity index is 1.96. The summed E-state index contributed by atoms with van der Waals surface area (Å²) in [5.74, 6) is 0.293. The summed E-state index contributed by atoms with van der Waals surface area (Å²) >= 11 is 5.64. The molecule has 0 aliphatic carbocycles. The van der Waals surface area contributed by atoms with Crippen molar-refractivity contribution in [2.45, 2.75) is 13.8 Å². The predicted molar refractivity (Wildman–Crippen MR) is 130 cm³/mol. The highest BCUT2D eigenvalue weighted by atomic mass is 32.1. The molecule has 0 saturated carbocycles. The van der Waals surface area contributed by atoms with E-state index in [1.54, 1.807) is 54.6 Å². The Labute approximate surface area is 195 Å². The van der Waals surface area contributed by atoms with Crippen LogP contribution in [0, 0.1) is 11.7 Å². The molecule has 0 saturated heterocycles. The van der Waals surface area contributed by atoms with E-state index < -0.39 is 11.4 Å². The zero-order valence-corrected chi connectivity index (χ0v) is 19.0. The summed E-state index contributed by atoms with van der Waals surface area (Å²) in [5.41, 5.74) is 1.81. The van der Waals surface area contributed by atoms with Gasteiger partial charge in [0.2, 0.25) is 11.6 Å². The van der Waals surface area contributed by atoms with E-state index in [0.717, 1.165) is 5.56 Å². The van der Waals surface area contributed by atoms with Crippen LogP contribution in [0.25, 0.3) is 11.4 Å². The normalized spacial score (nSPS) is 11.1. The second-order valence-electron chi connectivity index (χ2n) is 7.18. The van der Waals surface area contributed by atoms with E-state index in [9.17, 15) is 9.90 Å². The molecule has 8 heteroatoms. The van der Waals surface area contributed by atoms with E-state index in [0.29, 0.717) is 29.4 Å². The van der Waals surface area contributed by atoms with Gasteiger partial charge in [-0.15, -0.1) is 10.2 Å². The first kappa shape index (κ1) is 22.2. The summed E-state index contributed by atoms with van der Waals surface area (Å²) in [6.07, 6.45) is 0. The lowest BCUT2D eigenvalue weighted by atomic mass is 10.2. The maximum atomic E-state index is 13.4. The summed E-state index contributed by atoms with van der Waals surface area (Å²) in [5, 5.41) is 19.5. The topological polar surface area (TPSA) is 81.1 Å². The Kier molecular flexibility index (Phi) is 6.46. The molecule has 33 heavy (non-hydrogen) atoms. The first-order valence-electron chi connectivity index (χ1n) is 10.4. The minimum atomic E-state index is -0.566. The van der Waals surface area contributed by atoms with Gasteiger partial charge in [0, 0.05) is 0 Å². The monoisotopic (exact) mass is 458 g/mol. The van der Waals surface area contributed by atoms with Crippen molar-refractivity contribution in [1.82, 2.24) is 9.13 Å². The van der Waals surface area contributed by atoms with Crippen molar-refractivity contribution in [3.05, 3.63) is 99.6 Å². The van der Waals surface area contributed by atoms with Crippen molar-refractivity contribution in [3.8, 4) is 23.0 Å². The average molecular weight is 459 g/mol. The van der Waals surface area contributed by atoms with E-state index in [4.69, 9.17) is 17.0 Å². The quantitative estimate of drug-likeness (QED) is 0.276. The van der Waals surface area contributed by atoms with Gasteiger partial charge in [0.05, 0.1) is 23.7 Å². The van der Waals surface area contributed by atoms with Crippen molar-refractivity contribution in [3.63, 3.8) is 0 Å². The molecule has 1 heterocycles. The van der Waals surface area contributed by atoms with Gasteiger partial charge in [0.25, 0.3) is 5.56 Å². The molecule has 1 aromatic heterocycles. The highest BCUT2D eigenvalue weighted by Crippen LogP contribution is 2.30. The van der Waals surface area contributed by atoms with Crippen LogP contribution in [0.15, 0.2) is 93.9 Å². The Bertz CT molecular complexity index is 1430. The summed E-state index contributed by atoms with van der Waals surface area (Å²) in [4.78, 5) is 13.4. The molecule has 0 bridgehead atoms. The zero-order chi connectivity index (χ0) is 23.4. The van der Waals surface area contributed by atoms with Crippen LogP contribution >= 0.6 is 12.2 Å². The van der Waals surface area contributed by atoms with Crippen molar-refractivity contribution in [1.29, 1.82) is 0 Å². The Morgan fingerprint density at radius 2 is 1.52 bits per heavy atom. The number of aromatic hydroxyl groups is 1. The number of azo groups is 1. The molecule has 4 rings (SSSR count). The molecule has 0 fully saturated rings. The Morgan fingerprint density at radius 3 is 2.18 bits per heavy atom. The van der Waals surface area contributed by atoms with E-state index in [-0.39, 0.29) is 10.5 Å². The summed E-state index contributed by atoms with van der Waals surface area (Å²) < 4.78 is 8.33. The van der Waals surface area contributed by atoms with Crippen LogP contribution in [0.2, 0.25) is 0 Å². The first-order valence-corrected chi connectivity index (χ1v) is 10.8. The van der Waals surface area contributed by atoms with Crippen LogP contribution in [0.5, 0.6) is 11.6 Å². The van der Waals surface area contributed by atoms with Crippen LogP contribution < -0.4 is 10.3 Å². The number of aromatic nitrogens is 2.